The van der Waals surface area contributed by atoms with Gasteiger partial charge in [-0.2, -0.15) is 10.2 Å². The minimum absolute atomic E-state index is 1.10. The zero-order chi connectivity index (χ0) is 13.6. The summed E-state index contributed by atoms with van der Waals surface area (Å²) >= 11 is 0. The fraction of sp³-hybridized carbons (Fsp3) is 0.875. The van der Waals surface area contributed by atoms with Crippen molar-refractivity contribution < 1.29 is 0 Å². The summed E-state index contributed by atoms with van der Waals surface area (Å²) in [6.07, 6.45) is 12.6. The van der Waals surface area contributed by atoms with E-state index in [0.29, 0.717) is 0 Å². The van der Waals surface area contributed by atoms with E-state index in [0.717, 1.165) is 12.8 Å². The van der Waals surface area contributed by atoms with Gasteiger partial charge in [0.05, 0.1) is 0 Å². The van der Waals surface area contributed by atoms with Gasteiger partial charge in [0.15, 0.2) is 0 Å². The van der Waals surface area contributed by atoms with Gasteiger partial charge in [-0.1, -0.05) is 52.4 Å². The highest BCUT2D eigenvalue weighted by atomic mass is 15.2. The molecular weight excluding hydrogens is 220 g/mol. The van der Waals surface area contributed by atoms with Crippen LogP contribution in [-0.4, -0.2) is 11.4 Å². The molecule has 0 aromatic carbocycles. The van der Waals surface area contributed by atoms with Crippen LogP contribution < -0.4 is 0 Å². The molecule has 18 heavy (non-hydrogen) atoms. The van der Waals surface area contributed by atoms with Gasteiger partial charge in [0.25, 0.3) is 0 Å². The summed E-state index contributed by atoms with van der Waals surface area (Å²) in [6.45, 7) is 8.68. The van der Waals surface area contributed by atoms with Gasteiger partial charge in [0, 0.05) is 11.4 Å². The fourth-order valence-corrected chi connectivity index (χ4v) is 1.89. The Morgan fingerprint density at radius 1 is 0.611 bits per heavy atom. The zero-order valence-electron chi connectivity index (χ0n) is 13.0. The normalized spacial score (nSPS) is 13.1. The molecule has 0 saturated carbocycles. The highest BCUT2D eigenvalue weighted by molar-refractivity contribution is 5.85. The smallest absolute Gasteiger partial charge is 0.0375 e. The van der Waals surface area contributed by atoms with E-state index in [9.17, 15) is 0 Å². The lowest BCUT2D eigenvalue weighted by atomic mass is 10.1. The van der Waals surface area contributed by atoms with Crippen molar-refractivity contribution in [2.75, 3.05) is 0 Å². The Morgan fingerprint density at radius 2 is 1.00 bits per heavy atom. The van der Waals surface area contributed by atoms with Crippen LogP contribution in [0.4, 0.5) is 0 Å². The number of hydrogen-bond acceptors (Lipinski definition) is 2. The first-order valence-corrected chi connectivity index (χ1v) is 7.77. The second-order valence-corrected chi connectivity index (χ2v) is 5.29. The average Bonchev–Trinajstić information content (AvgIpc) is 2.37. The topological polar surface area (TPSA) is 24.7 Å². The Morgan fingerprint density at radius 3 is 1.33 bits per heavy atom. The van der Waals surface area contributed by atoms with Gasteiger partial charge in [-0.3, -0.25) is 0 Å². The molecule has 0 fully saturated rings. The molecule has 0 aromatic rings. The molecular formula is C16H32N2. The van der Waals surface area contributed by atoms with Crippen molar-refractivity contribution in [2.24, 2.45) is 10.2 Å². The van der Waals surface area contributed by atoms with Crippen molar-refractivity contribution >= 4 is 11.4 Å². The molecule has 2 heteroatoms. The summed E-state index contributed by atoms with van der Waals surface area (Å²) in [5.74, 6) is 0. The minimum atomic E-state index is 1.10. The third kappa shape index (κ3) is 11.8. The standard InChI is InChI=1S/C16H32N2/c1-5-7-9-11-13-15(3)17-18-16(4)14-12-10-8-6-2/h5-14H2,1-4H3. The Labute approximate surface area is 114 Å². The maximum atomic E-state index is 4.33. The third-order valence-electron chi connectivity index (χ3n) is 3.18. The predicted octanol–water partition coefficient (Wildman–Crippen LogP) is 5.76. The van der Waals surface area contributed by atoms with E-state index in [1.54, 1.807) is 0 Å². The fourth-order valence-electron chi connectivity index (χ4n) is 1.89. The number of rotatable bonds is 11. The Kier molecular flexibility index (Phi) is 12.3. The molecule has 0 aliphatic rings. The molecule has 2 nitrogen and oxygen atoms in total. The summed E-state index contributed by atoms with van der Waals surface area (Å²) < 4.78 is 0. The molecule has 0 heterocycles. The monoisotopic (exact) mass is 252 g/mol. The zero-order valence-corrected chi connectivity index (χ0v) is 13.0. The van der Waals surface area contributed by atoms with E-state index in [2.05, 4.69) is 37.9 Å². The molecule has 0 atom stereocenters. The molecule has 0 aliphatic heterocycles. The van der Waals surface area contributed by atoms with Gasteiger partial charge in [-0.05, 0) is 39.5 Å². The van der Waals surface area contributed by atoms with Gasteiger partial charge < -0.3 is 0 Å². The Balaban J connectivity index is 3.72. The first-order valence-electron chi connectivity index (χ1n) is 7.77. The number of unbranched alkanes of at least 4 members (excludes halogenated alkanes) is 6. The maximum Gasteiger partial charge on any atom is 0.0375 e. The molecule has 0 spiro atoms. The Hall–Kier alpha value is -0.660. The van der Waals surface area contributed by atoms with Gasteiger partial charge in [-0.25, -0.2) is 0 Å². The Bertz CT molecular complexity index is 215. The molecule has 0 saturated heterocycles. The average molecular weight is 252 g/mol. The van der Waals surface area contributed by atoms with Crippen molar-refractivity contribution in [3.05, 3.63) is 0 Å². The van der Waals surface area contributed by atoms with Gasteiger partial charge >= 0.3 is 0 Å². The number of hydrogen-bond donors (Lipinski definition) is 0. The second kappa shape index (κ2) is 12.8. The lowest BCUT2D eigenvalue weighted by molar-refractivity contribution is 0.680. The van der Waals surface area contributed by atoms with Crippen LogP contribution in [-0.2, 0) is 0 Å². The third-order valence-corrected chi connectivity index (χ3v) is 3.18. The minimum Gasteiger partial charge on any atom is -0.161 e. The summed E-state index contributed by atoms with van der Waals surface area (Å²) in [5.41, 5.74) is 2.36. The first kappa shape index (κ1) is 17.3. The molecule has 106 valence electrons. The van der Waals surface area contributed by atoms with Crippen molar-refractivity contribution in [3.63, 3.8) is 0 Å². The molecule has 0 bridgehead atoms. The highest BCUT2D eigenvalue weighted by Gasteiger charge is 1.94. The van der Waals surface area contributed by atoms with Gasteiger partial charge in [-0.15, -0.1) is 0 Å². The van der Waals surface area contributed by atoms with Crippen LogP contribution in [0.2, 0.25) is 0 Å². The molecule has 0 N–H and O–H groups in total. The number of nitrogens with zero attached hydrogens (tertiary/aromatic N) is 2. The molecule has 0 radical (unpaired) electrons. The largest absolute Gasteiger partial charge is 0.161 e. The van der Waals surface area contributed by atoms with Crippen LogP contribution in [0, 0.1) is 0 Å². The lowest BCUT2D eigenvalue weighted by Crippen LogP contribution is -1.94. The van der Waals surface area contributed by atoms with Crippen molar-refractivity contribution in [1.82, 2.24) is 0 Å². The van der Waals surface area contributed by atoms with Crippen LogP contribution in [0.15, 0.2) is 10.2 Å². The summed E-state index contributed by atoms with van der Waals surface area (Å²) in [5, 5.41) is 8.65. The van der Waals surface area contributed by atoms with E-state index in [4.69, 9.17) is 0 Å². The molecule has 0 rings (SSSR count). The van der Waals surface area contributed by atoms with E-state index in [1.807, 2.05) is 0 Å². The van der Waals surface area contributed by atoms with Gasteiger partial charge in [0.1, 0.15) is 0 Å². The van der Waals surface area contributed by atoms with E-state index in [-0.39, 0.29) is 0 Å². The molecule has 0 unspecified atom stereocenters. The lowest BCUT2D eigenvalue weighted by Gasteiger charge is -2.00. The predicted molar refractivity (Wildman–Crippen MR) is 83.7 cm³/mol. The van der Waals surface area contributed by atoms with Gasteiger partial charge in [0.2, 0.25) is 0 Å². The van der Waals surface area contributed by atoms with Crippen molar-refractivity contribution in [2.45, 2.75) is 91.9 Å². The van der Waals surface area contributed by atoms with Crippen molar-refractivity contribution in [1.29, 1.82) is 0 Å². The SMILES string of the molecule is CCCCCCC(C)=NN=C(C)CCCCCC. The quantitative estimate of drug-likeness (QED) is 0.253. The maximum absolute atomic E-state index is 4.33. The van der Waals surface area contributed by atoms with Crippen LogP contribution in [0.25, 0.3) is 0 Å². The summed E-state index contributed by atoms with van der Waals surface area (Å²) in [6, 6.07) is 0. The van der Waals surface area contributed by atoms with E-state index >= 15 is 0 Å². The van der Waals surface area contributed by atoms with Crippen molar-refractivity contribution in [3.8, 4) is 0 Å². The van der Waals surface area contributed by atoms with E-state index in [1.165, 1.54) is 62.8 Å². The molecule has 0 amide bonds. The van der Waals surface area contributed by atoms with E-state index < -0.39 is 0 Å². The summed E-state index contributed by atoms with van der Waals surface area (Å²) in [4.78, 5) is 0. The first-order chi connectivity index (χ1) is 8.70. The van der Waals surface area contributed by atoms with Crippen LogP contribution in [0.3, 0.4) is 0 Å². The van der Waals surface area contributed by atoms with Crippen LogP contribution in [0.1, 0.15) is 91.9 Å². The molecule has 0 aliphatic carbocycles. The molecule has 0 aromatic heterocycles. The highest BCUT2D eigenvalue weighted by Crippen LogP contribution is 2.05. The van der Waals surface area contributed by atoms with Crippen LogP contribution >= 0.6 is 0 Å². The van der Waals surface area contributed by atoms with Crippen LogP contribution in [0.5, 0.6) is 0 Å². The second-order valence-electron chi connectivity index (χ2n) is 5.29. The summed E-state index contributed by atoms with van der Waals surface area (Å²) in [7, 11) is 0.